The van der Waals surface area contributed by atoms with Gasteiger partial charge in [0.25, 0.3) is 0 Å². The molecule has 1 unspecified atom stereocenters. The number of carbonyl (C=O) groups is 1. The zero-order chi connectivity index (χ0) is 16.6. The standard InChI is InChI=1S/C15H30N4O2S.HI/c1-6-16-13(17-8-10-22-5)19-9-7-12(11-19)18-14(20)21-15(2,3)4;/h12H,6-11H2,1-5H3,(H,16,17)(H,18,20);1H. The maximum atomic E-state index is 11.8. The Morgan fingerprint density at radius 2 is 2.13 bits per heavy atom. The van der Waals surface area contributed by atoms with E-state index in [9.17, 15) is 4.79 Å². The molecule has 0 radical (unpaired) electrons. The quantitative estimate of drug-likeness (QED) is 0.287. The number of rotatable bonds is 5. The average molecular weight is 458 g/mol. The summed E-state index contributed by atoms with van der Waals surface area (Å²) in [5.74, 6) is 1.95. The Kier molecular flexibility index (Phi) is 11.0. The maximum Gasteiger partial charge on any atom is 0.407 e. The van der Waals surface area contributed by atoms with Crippen molar-refractivity contribution in [2.45, 2.75) is 45.8 Å². The van der Waals surface area contributed by atoms with E-state index in [-0.39, 0.29) is 36.1 Å². The van der Waals surface area contributed by atoms with Gasteiger partial charge in [0, 0.05) is 25.4 Å². The summed E-state index contributed by atoms with van der Waals surface area (Å²) in [7, 11) is 0. The summed E-state index contributed by atoms with van der Waals surface area (Å²) in [6.07, 6.45) is 2.65. The number of hydrogen-bond donors (Lipinski definition) is 2. The van der Waals surface area contributed by atoms with Crippen LogP contribution < -0.4 is 10.6 Å². The van der Waals surface area contributed by atoms with Crippen molar-refractivity contribution in [3.63, 3.8) is 0 Å². The molecule has 1 atom stereocenters. The average Bonchev–Trinajstić information content (AvgIpc) is 2.84. The summed E-state index contributed by atoms with van der Waals surface area (Å²) >= 11 is 1.79. The van der Waals surface area contributed by atoms with Gasteiger partial charge >= 0.3 is 6.09 Å². The van der Waals surface area contributed by atoms with Gasteiger partial charge in [-0.2, -0.15) is 11.8 Å². The van der Waals surface area contributed by atoms with Gasteiger partial charge in [0.1, 0.15) is 5.60 Å². The molecule has 1 heterocycles. The van der Waals surface area contributed by atoms with Crippen molar-refractivity contribution in [1.82, 2.24) is 15.5 Å². The van der Waals surface area contributed by atoms with Crippen LogP contribution in [0.5, 0.6) is 0 Å². The Labute approximate surface area is 161 Å². The molecule has 1 saturated heterocycles. The summed E-state index contributed by atoms with van der Waals surface area (Å²) in [5, 5.41) is 6.26. The molecule has 1 amide bonds. The van der Waals surface area contributed by atoms with Crippen LogP contribution in [0.25, 0.3) is 0 Å². The zero-order valence-electron chi connectivity index (χ0n) is 14.8. The summed E-state index contributed by atoms with van der Waals surface area (Å²) in [5.41, 5.74) is -0.462. The minimum Gasteiger partial charge on any atom is -0.444 e. The Balaban J connectivity index is 0.00000484. The number of likely N-dealkylation sites (tertiary alicyclic amines) is 1. The largest absolute Gasteiger partial charge is 0.444 e. The van der Waals surface area contributed by atoms with E-state index in [4.69, 9.17) is 4.74 Å². The van der Waals surface area contributed by atoms with Gasteiger partial charge < -0.3 is 20.3 Å². The third-order valence-electron chi connectivity index (χ3n) is 3.10. The topological polar surface area (TPSA) is 66.0 Å². The lowest BCUT2D eigenvalue weighted by Gasteiger charge is -2.23. The lowest BCUT2D eigenvalue weighted by atomic mass is 10.2. The van der Waals surface area contributed by atoms with Crippen molar-refractivity contribution in [2.24, 2.45) is 4.99 Å². The molecular weight excluding hydrogens is 427 g/mol. The zero-order valence-corrected chi connectivity index (χ0v) is 18.0. The van der Waals surface area contributed by atoms with Crippen LogP contribution in [0.3, 0.4) is 0 Å². The molecule has 1 rings (SSSR count). The lowest BCUT2D eigenvalue weighted by Crippen LogP contribution is -2.44. The second kappa shape index (κ2) is 11.2. The summed E-state index contributed by atoms with van der Waals surface area (Å²) in [4.78, 5) is 18.7. The van der Waals surface area contributed by atoms with Crippen molar-refractivity contribution in [1.29, 1.82) is 0 Å². The van der Waals surface area contributed by atoms with Crippen LogP contribution >= 0.6 is 35.7 Å². The van der Waals surface area contributed by atoms with Gasteiger partial charge in [-0.3, -0.25) is 4.99 Å². The van der Waals surface area contributed by atoms with Crippen LogP contribution in [-0.2, 0) is 4.74 Å². The van der Waals surface area contributed by atoms with E-state index < -0.39 is 5.60 Å². The number of aliphatic imine (C=N–C) groups is 1. The van der Waals surface area contributed by atoms with Crippen molar-refractivity contribution in [3.05, 3.63) is 0 Å². The molecule has 0 saturated carbocycles. The molecular formula is C15H31IN4O2S. The number of halogens is 1. The van der Waals surface area contributed by atoms with Gasteiger partial charge in [0.2, 0.25) is 0 Å². The van der Waals surface area contributed by atoms with E-state index in [1.54, 1.807) is 11.8 Å². The van der Waals surface area contributed by atoms with Gasteiger partial charge in [0.05, 0.1) is 12.6 Å². The first kappa shape index (κ1) is 22.6. The third-order valence-corrected chi connectivity index (χ3v) is 3.69. The first-order valence-electron chi connectivity index (χ1n) is 7.87. The number of hydrogen-bond acceptors (Lipinski definition) is 4. The van der Waals surface area contributed by atoms with Crippen LogP contribution in [0.1, 0.15) is 34.1 Å². The van der Waals surface area contributed by atoms with Crippen LogP contribution in [0.2, 0.25) is 0 Å². The maximum absolute atomic E-state index is 11.8. The molecule has 1 aliphatic rings. The van der Waals surface area contributed by atoms with Crippen molar-refractivity contribution >= 4 is 47.8 Å². The Morgan fingerprint density at radius 3 is 2.70 bits per heavy atom. The molecule has 8 heteroatoms. The molecule has 0 aromatic carbocycles. The summed E-state index contributed by atoms with van der Waals surface area (Å²) in [6.45, 7) is 11.0. The Morgan fingerprint density at radius 1 is 1.43 bits per heavy atom. The Bertz CT molecular complexity index is 388. The smallest absolute Gasteiger partial charge is 0.407 e. The van der Waals surface area contributed by atoms with E-state index in [1.165, 1.54) is 0 Å². The lowest BCUT2D eigenvalue weighted by molar-refractivity contribution is 0.0507. The summed E-state index contributed by atoms with van der Waals surface area (Å²) in [6, 6.07) is 0.110. The molecule has 1 fully saturated rings. The fourth-order valence-electron chi connectivity index (χ4n) is 2.21. The van der Waals surface area contributed by atoms with Crippen molar-refractivity contribution in [2.75, 3.05) is 38.2 Å². The SMILES string of the molecule is CCNC(=NCCSC)N1CCC(NC(=O)OC(C)(C)C)C1.I. The van der Waals surface area contributed by atoms with E-state index in [0.717, 1.165) is 44.3 Å². The van der Waals surface area contributed by atoms with Gasteiger partial charge in [-0.15, -0.1) is 24.0 Å². The predicted octanol–water partition coefficient (Wildman–Crippen LogP) is 2.53. The van der Waals surface area contributed by atoms with Gasteiger partial charge in [-0.05, 0) is 40.4 Å². The van der Waals surface area contributed by atoms with Crippen LogP contribution in [0.4, 0.5) is 4.79 Å². The number of ether oxygens (including phenoxy) is 1. The molecule has 0 aromatic heterocycles. The first-order chi connectivity index (χ1) is 10.4. The highest BCUT2D eigenvalue weighted by molar-refractivity contribution is 14.0. The van der Waals surface area contributed by atoms with E-state index in [2.05, 4.69) is 33.7 Å². The number of nitrogens with zero attached hydrogens (tertiary/aromatic N) is 2. The monoisotopic (exact) mass is 458 g/mol. The highest BCUT2D eigenvalue weighted by Crippen LogP contribution is 2.12. The Hall–Kier alpha value is -0.380. The number of thioether (sulfide) groups is 1. The molecule has 2 N–H and O–H groups in total. The van der Waals surface area contributed by atoms with Crippen LogP contribution in [-0.4, -0.2) is 66.8 Å². The number of carbonyl (C=O) groups excluding carboxylic acids is 1. The number of guanidine groups is 1. The molecule has 136 valence electrons. The fourth-order valence-corrected chi connectivity index (χ4v) is 2.49. The van der Waals surface area contributed by atoms with Crippen LogP contribution in [0, 0.1) is 0 Å². The normalized spacial score (nSPS) is 18.4. The first-order valence-corrected chi connectivity index (χ1v) is 9.26. The van der Waals surface area contributed by atoms with Crippen molar-refractivity contribution < 1.29 is 9.53 Å². The molecule has 0 aromatic rings. The van der Waals surface area contributed by atoms with Gasteiger partial charge in [0.15, 0.2) is 5.96 Å². The highest BCUT2D eigenvalue weighted by atomic mass is 127. The van der Waals surface area contributed by atoms with Crippen LogP contribution in [0.15, 0.2) is 4.99 Å². The predicted molar refractivity (Wildman–Crippen MR) is 109 cm³/mol. The van der Waals surface area contributed by atoms with Gasteiger partial charge in [-0.1, -0.05) is 0 Å². The molecule has 6 nitrogen and oxygen atoms in total. The molecule has 0 spiro atoms. The molecule has 0 bridgehead atoms. The molecule has 0 aliphatic carbocycles. The molecule has 1 aliphatic heterocycles. The van der Waals surface area contributed by atoms with E-state index in [1.807, 2.05) is 20.8 Å². The number of alkyl carbamates (subject to hydrolysis) is 1. The van der Waals surface area contributed by atoms with Gasteiger partial charge in [-0.25, -0.2) is 4.79 Å². The van der Waals surface area contributed by atoms with Crippen molar-refractivity contribution in [3.8, 4) is 0 Å². The summed E-state index contributed by atoms with van der Waals surface area (Å²) < 4.78 is 5.31. The third kappa shape index (κ3) is 9.49. The highest BCUT2D eigenvalue weighted by Gasteiger charge is 2.27. The number of amides is 1. The second-order valence-electron chi connectivity index (χ2n) is 6.31. The molecule has 23 heavy (non-hydrogen) atoms. The van der Waals surface area contributed by atoms with E-state index >= 15 is 0 Å². The second-order valence-corrected chi connectivity index (χ2v) is 7.29. The minimum absolute atomic E-state index is 0. The number of nitrogens with one attached hydrogen (secondary N) is 2. The van der Waals surface area contributed by atoms with E-state index in [0.29, 0.717) is 0 Å². The minimum atomic E-state index is -0.462. The fraction of sp³-hybridized carbons (Fsp3) is 0.867.